The zero-order chi connectivity index (χ0) is 15.7. The van der Waals surface area contributed by atoms with Crippen LogP contribution >= 0.6 is 0 Å². The van der Waals surface area contributed by atoms with Gasteiger partial charge in [0.25, 0.3) is 0 Å². The van der Waals surface area contributed by atoms with E-state index in [-0.39, 0.29) is 5.69 Å². The highest BCUT2D eigenvalue weighted by atomic mass is 19.1. The number of halogens is 1. The van der Waals surface area contributed by atoms with Crippen LogP contribution in [-0.2, 0) is 0 Å². The van der Waals surface area contributed by atoms with E-state index in [1.807, 2.05) is 0 Å². The van der Waals surface area contributed by atoms with Gasteiger partial charge in [-0.2, -0.15) is 0 Å². The summed E-state index contributed by atoms with van der Waals surface area (Å²) in [6.07, 6.45) is 2.91. The number of nitrogens with zero attached hydrogens (tertiary/aromatic N) is 4. The van der Waals surface area contributed by atoms with Crippen LogP contribution in [0.25, 0.3) is 0 Å². The number of pyridine rings is 1. The molecule has 0 radical (unpaired) electrons. The third kappa shape index (κ3) is 2.98. The molecule has 2 aliphatic rings. The summed E-state index contributed by atoms with van der Waals surface area (Å²) in [6.45, 7) is 4.09. The summed E-state index contributed by atoms with van der Waals surface area (Å²) in [6, 6.07) is 4.22. The second-order valence-corrected chi connectivity index (χ2v) is 6.44. The lowest BCUT2D eigenvalue weighted by Crippen LogP contribution is -2.61. The number of likely N-dealkylation sites (tertiary alicyclic amines) is 1. The van der Waals surface area contributed by atoms with Crippen molar-refractivity contribution in [3.63, 3.8) is 0 Å². The molecular weight excluding hydrogens is 283 g/mol. The quantitative estimate of drug-likeness (QED) is 0.783. The van der Waals surface area contributed by atoms with E-state index in [1.165, 1.54) is 18.9 Å². The van der Waals surface area contributed by atoms with Crippen molar-refractivity contribution in [1.29, 1.82) is 0 Å². The van der Waals surface area contributed by atoms with Gasteiger partial charge in [-0.05, 0) is 39.1 Å². The molecule has 6 heteroatoms. The van der Waals surface area contributed by atoms with Crippen LogP contribution in [0, 0.1) is 5.82 Å². The van der Waals surface area contributed by atoms with Gasteiger partial charge in [-0.1, -0.05) is 0 Å². The maximum absolute atomic E-state index is 13.3. The molecule has 0 amide bonds. The SMILES string of the molecule is CN(C)C1CCN(C2CN(c3ccc(F)c(C=O)n3)C2)CC1. The van der Waals surface area contributed by atoms with Gasteiger partial charge in [0.2, 0.25) is 0 Å². The topological polar surface area (TPSA) is 39.7 Å². The van der Waals surface area contributed by atoms with Gasteiger partial charge < -0.3 is 9.80 Å². The first-order chi connectivity index (χ1) is 10.6. The number of aromatic nitrogens is 1. The fourth-order valence-corrected chi connectivity index (χ4v) is 3.35. The maximum atomic E-state index is 13.3. The van der Waals surface area contributed by atoms with Crippen LogP contribution in [0.3, 0.4) is 0 Å². The highest BCUT2D eigenvalue weighted by Gasteiger charge is 2.35. The number of hydrogen-bond donors (Lipinski definition) is 0. The Hall–Kier alpha value is -1.53. The molecule has 0 unspecified atom stereocenters. The van der Waals surface area contributed by atoms with E-state index in [4.69, 9.17) is 0 Å². The molecule has 22 heavy (non-hydrogen) atoms. The van der Waals surface area contributed by atoms with Crippen molar-refractivity contribution in [3.05, 3.63) is 23.6 Å². The largest absolute Gasteiger partial charge is 0.353 e. The summed E-state index contributed by atoms with van der Waals surface area (Å²) < 4.78 is 13.3. The lowest BCUT2D eigenvalue weighted by molar-refractivity contribution is 0.0940. The Balaban J connectivity index is 1.53. The minimum Gasteiger partial charge on any atom is -0.353 e. The van der Waals surface area contributed by atoms with Crippen molar-refractivity contribution in [2.24, 2.45) is 0 Å². The van der Waals surface area contributed by atoms with Crippen LogP contribution in [-0.4, -0.2) is 73.4 Å². The molecule has 1 aromatic rings. The Kier molecular flexibility index (Phi) is 4.40. The average molecular weight is 306 g/mol. The molecule has 1 aromatic heterocycles. The monoisotopic (exact) mass is 306 g/mol. The number of aldehydes is 1. The zero-order valence-electron chi connectivity index (χ0n) is 13.2. The lowest BCUT2D eigenvalue weighted by atomic mass is 9.99. The molecule has 3 heterocycles. The summed E-state index contributed by atoms with van der Waals surface area (Å²) >= 11 is 0. The van der Waals surface area contributed by atoms with Gasteiger partial charge in [-0.3, -0.25) is 9.69 Å². The first-order valence-electron chi connectivity index (χ1n) is 7.85. The molecule has 2 fully saturated rings. The average Bonchev–Trinajstić information content (AvgIpc) is 2.48. The number of anilines is 1. The standard InChI is InChI=1S/C16H23FN4O/c1-19(2)12-5-7-20(8-6-12)13-9-21(10-13)16-4-3-14(17)15(11-22)18-16/h3-4,11-13H,5-10H2,1-2H3. The zero-order valence-corrected chi connectivity index (χ0v) is 13.2. The second kappa shape index (κ2) is 6.30. The van der Waals surface area contributed by atoms with Crippen molar-refractivity contribution in [3.8, 4) is 0 Å². The molecule has 0 saturated carbocycles. The molecule has 2 saturated heterocycles. The predicted octanol–water partition coefficient (Wildman–Crippen LogP) is 1.25. The van der Waals surface area contributed by atoms with Gasteiger partial charge in [0, 0.05) is 38.3 Å². The number of rotatable bonds is 4. The van der Waals surface area contributed by atoms with Crippen molar-refractivity contribution in [2.75, 3.05) is 45.2 Å². The Morgan fingerprint density at radius 1 is 1.27 bits per heavy atom. The van der Waals surface area contributed by atoms with Crippen LogP contribution in [0.1, 0.15) is 23.3 Å². The summed E-state index contributed by atoms with van der Waals surface area (Å²) in [5.41, 5.74) is -0.104. The molecule has 0 bridgehead atoms. The van der Waals surface area contributed by atoms with Crippen LogP contribution in [0.5, 0.6) is 0 Å². The van der Waals surface area contributed by atoms with E-state index < -0.39 is 5.82 Å². The third-order valence-corrected chi connectivity index (χ3v) is 4.90. The highest BCUT2D eigenvalue weighted by Crippen LogP contribution is 2.25. The fraction of sp³-hybridized carbons (Fsp3) is 0.625. The number of hydrogen-bond acceptors (Lipinski definition) is 5. The van der Waals surface area contributed by atoms with E-state index in [0.717, 1.165) is 26.2 Å². The van der Waals surface area contributed by atoms with E-state index in [2.05, 4.69) is 33.8 Å². The van der Waals surface area contributed by atoms with Crippen molar-refractivity contribution in [1.82, 2.24) is 14.8 Å². The first-order valence-corrected chi connectivity index (χ1v) is 7.85. The van der Waals surface area contributed by atoms with Crippen LogP contribution in [0.2, 0.25) is 0 Å². The molecule has 120 valence electrons. The third-order valence-electron chi connectivity index (χ3n) is 4.90. The number of carbonyl (C=O) groups is 1. The first kappa shape index (κ1) is 15.4. The predicted molar refractivity (Wildman–Crippen MR) is 83.9 cm³/mol. The molecular formula is C16H23FN4O. The normalized spacial score (nSPS) is 21.2. The Labute approximate surface area is 130 Å². The molecule has 2 aliphatic heterocycles. The van der Waals surface area contributed by atoms with Gasteiger partial charge in [0.1, 0.15) is 11.5 Å². The fourth-order valence-electron chi connectivity index (χ4n) is 3.35. The molecule has 3 rings (SSSR count). The summed E-state index contributed by atoms with van der Waals surface area (Å²) in [5.74, 6) is 0.143. The van der Waals surface area contributed by atoms with Crippen molar-refractivity contribution < 1.29 is 9.18 Å². The molecule has 0 aliphatic carbocycles. The molecule has 0 spiro atoms. The Morgan fingerprint density at radius 3 is 2.55 bits per heavy atom. The molecule has 0 atom stereocenters. The van der Waals surface area contributed by atoms with E-state index in [0.29, 0.717) is 24.2 Å². The second-order valence-electron chi connectivity index (χ2n) is 6.44. The van der Waals surface area contributed by atoms with Gasteiger partial charge in [-0.15, -0.1) is 0 Å². The van der Waals surface area contributed by atoms with E-state index >= 15 is 0 Å². The van der Waals surface area contributed by atoms with Crippen LogP contribution in [0.4, 0.5) is 10.2 Å². The Bertz CT molecular complexity index is 537. The van der Waals surface area contributed by atoms with Gasteiger partial charge >= 0.3 is 0 Å². The molecule has 0 aromatic carbocycles. The smallest absolute Gasteiger partial charge is 0.171 e. The Morgan fingerprint density at radius 2 is 1.95 bits per heavy atom. The molecule has 5 nitrogen and oxygen atoms in total. The summed E-state index contributed by atoms with van der Waals surface area (Å²) in [5, 5.41) is 0. The lowest BCUT2D eigenvalue weighted by Gasteiger charge is -2.48. The highest BCUT2D eigenvalue weighted by molar-refractivity contribution is 5.73. The van der Waals surface area contributed by atoms with Crippen molar-refractivity contribution >= 4 is 12.1 Å². The van der Waals surface area contributed by atoms with E-state index in [9.17, 15) is 9.18 Å². The van der Waals surface area contributed by atoms with Crippen LogP contribution < -0.4 is 4.90 Å². The minimum absolute atomic E-state index is 0.104. The number of piperidine rings is 1. The number of carbonyl (C=O) groups excluding carboxylic acids is 1. The van der Waals surface area contributed by atoms with Crippen LogP contribution in [0.15, 0.2) is 12.1 Å². The van der Waals surface area contributed by atoms with E-state index in [1.54, 1.807) is 6.07 Å². The summed E-state index contributed by atoms with van der Waals surface area (Å²) in [7, 11) is 4.30. The van der Waals surface area contributed by atoms with Gasteiger partial charge in [0.15, 0.2) is 12.1 Å². The van der Waals surface area contributed by atoms with Crippen molar-refractivity contribution in [2.45, 2.75) is 24.9 Å². The molecule has 0 N–H and O–H groups in total. The minimum atomic E-state index is -0.554. The van der Waals surface area contributed by atoms with Gasteiger partial charge in [-0.25, -0.2) is 9.37 Å². The summed E-state index contributed by atoms with van der Waals surface area (Å²) in [4.78, 5) is 21.8. The maximum Gasteiger partial charge on any atom is 0.171 e. The van der Waals surface area contributed by atoms with Gasteiger partial charge in [0.05, 0.1) is 0 Å².